The van der Waals surface area contributed by atoms with Gasteiger partial charge in [0, 0.05) is 19.5 Å². The van der Waals surface area contributed by atoms with E-state index in [4.69, 9.17) is 0 Å². The summed E-state index contributed by atoms with van der Waals surface area (Å²) in [5, 5.41) is 0. The third-order valence-electron chi connectivity index (χ3n) is 3.17. The largest absolute Gasteiger partial charge is 0.460 e. The van der Waals surface area contributed by atoms with Gasteiger partial charge in [-0.1, -0.05) is 19.9 Å². The third kappa shape index (κ3) is 4.56. The number of carbonyl (C=O) groups is 1. The maximum absolute atomic E-state index is 13.4. The summed E-state index contributed by atoms with van der Waals surface area (Å²) < 4.78 is 114. The van der Waals surface area contributed by atoms with Gasteiger partial charge in [0.15, 0.2) is 0 Å². The second-order valence-electron chi connectivity index (χ2n) is 4.98. The van der Waals surface area contributed by atoms with E-state index in [1.54, 1.807) is 6.92 Å². The van der Waals surface area contributed by atoms with Gasteiger partial charge in [-0.15, -0.1) is 0 Å². The number of amides is 1. The first kappa shape index (κ1) is 22.6. The van der Waals surface area contributed by atoms with Gasteiger partial charge < -0.3 is 4.90 Å². The highest BCUT2D eigenvalue weighted by atomic mass is 19.4. The monoisotopic (exact) mass is 373 g/mol. The van der Waals surface area contributed by atoms with E-state index < -0.39 is 42.8 Å². The first-order valence-electron chi connectivity index (χ1n) is 6.77. The number of carbonyl (C=O) groups excluding carboxylic acids is 1. The van der Waals surface area contributed by atoms with Crippen molar-refractivity contribution in [2.45, 2.75) is 50.1 Å². The predicted molar refractivity (Wildman–Crippen MR) is 67.2 cm³/mol. The molecule has 0 aromatic heterocycles. The number of hydrogen-bond acceptors (Lipinski definition) is 1. The fourth-order valence-electron chi connectivity index (χ4n) is 1.65. The van der Waals surface area contributed by atoms with E-state index in [1.807, 2.05) is 0 Å². The van der Waals surface area contributed by atoms with Crippen LogP contribution in [0, 0.1) is 0 Å². The van der Waals surface area contributed by atoms with Crippen LogP contribution in [-0.2, 0) is 4.79 Å². The van der Waals surface area contributed by atoms with E-state index in [9.17, 15) is 44.3 Å². The second-order valence-corrected chi connectivity index (χ2v) is 4.98. The Balaban J connectivity index is 5.30. The van der Waals surface area contributed by atoms with Crippen molar-refractivity contribution in [3.8, 4) is 0 Å². The molecule has 0 aromatic rings. The molecule has 0 radical (unpaired) electrons. The number of hydrogen-bond donors (Lipinski definition) is 0. The first-order valence-corrected chi connectivity index (χ1v) is 6.77. The standard InChI is InChI=1S/C13H16F9NO/c1-3-5-7-23(9(24)4-2)8-6-10(14,15)11(16,17)12(18,19)13(20,21)22/h4H,2-3,5-8H2,1H3. The second kappa shape index (κ2) is 7.64. The molecule has 2 nitrogen and oxygen atoms in total. The average Bonchev–Trinajstić information content (AvgIpc) is 2.44. The Labute approximate surface area is 132 Å². The summed E-state index contributed by atoms with van der Waals surface area (Å²) in [6.07, 6.45) is -7.43. The molecule has 1 amide bonds. The highest BCUT2D eigenvalue weighted by Gasteiger charge is 2.81. The molecule has 0 aliphatic carbocycles. The molecule has 0 unspecified atom stereocenters. The van der Waals surface area contributed by atoms with Crippen LogP contribution in [-0.4, -0.2) is 47.8 Å². The maximum atomic E-state index is 13.4. The molecule has 0 fully saturated rings. The van der Waals surface area contributed by atoms with Crippen LogP contribution >= 0.6 is 0 Å². The highest BCUT2D eigenvalue weighted by molar-refractivity contribution is 5.86. The fraction of sp³-hybridized carbons (Fsp3) is 0.769. The Kier molecular flexibility index (Phi) is 7.19. The van der Waals surface area contributed by atoms with Gasteiger partial charge in [-0.25, -0.2) is 0 Å². The number of nitrogens with zero attached hydrogens (tertiary/aromatic N) is 1. The van der Waals surface area contributed by atoms with Crippen molar-refractivity contribution in [1.82, 2.24) is 4.90 Å². The Morgan fingerprint density at radius 1 is 0.958 bits per heavy atom. The van der Waals surface area contributed by atoms with Gasteiger partial charge in [0.25, 0.3) is 0 Å². The van der Waals surface area contributed by atoms with Crippen LogP contribution in [0.1, 0.15) is 26.2 Å². The number of rotatable bonds is 9. The minimum atomic E-state index is -6.92. The highest BCUT2D eigenvalue weighted by Crippen LogP contribution is 2.53. The zero-order valence-corrected chi connectivity index (χ0v) is 12.6. The lowest BCUT2D eigenvalue weighted by Gasteiger charge is -2.34. The molecule has 0 rings (SSSR count). The van der Waals surface area contributed by atoms with Gasteiger partial charge in [0.1, 0.15) is 0 Å². The van der Waals surface area contributed by atoms with E-state index in [-0.39, 0.29) is 6.54 Å². The molecular formula is C13H16F9NO. The van der Waals surface area contributed by atoms with E-state index in [0.29, 0.717) is 23.8 Å². The lowest BCUT2D eigenvalue weighted by molar-refractivity contribution is -0.396. The number of halogens is 9. The van der Waals surface area contributed by atoms with Crippen molar-refractivity contribution in [3.05, 3.63) is 12.7 Å². The Morgan fingerprint density at radius 3 is 1.83 bits per heavy atom. The summed E-state index contributed by atoms with van der Waals surface area (Å²) in [6, 6.07) is 0. The lowest BCUT2D eigenvalue weighted by Crippen LogP contribution is -2.61. The topological polar surface area (TPSA) is 20.3 Å². The minimum absolute atomic E-state index is 0.154. The molecule has 0 saturated heterocycles. The molecule has 0 atom stereocenters. The van der Waals surface area contributed by atoms with Gasteiger partial charge in [-0.3, -0.25) is 4.79 Å². The summed E-state index contributed by atoms with van der Waals surface area (Å²) in [5.41, 5.74) is 0. The molecule has 0 spiro atoms. The van der Waals surface area contributed by atoms with Gasteiger partial charge in [0.2, 0.25) is 5.91 Å². The summed E-state index contributed by atoms with van der Waals surface area (Å²) in [4.78, 5) is 12.0. The third-order valence-corrected chi connectivity index (χ3v) is 3.17. The Bertz CT molecular complexity index is 445. The van der Waals surface area contributed by atoms with Crippen LogP contribution in [0.3, 0.4) is 0 Å². The van der Waals surface area contributed by atoms with Crippen LogP contribution in [0.15, 0.2) is 12.7 Å². The lowest BCUT2D eigenvalue weighted by atomic mass is 10.0. The van der Waals surface area contributed by atoms with Crippen LogP contribution in [0.5, 0.6) is 0 Å². The Hall–Kier alpha value is -1.42. The molecule has 0 aliphatic heterocycles. The number of unbranched alkanes of at least 4 members (excludes halogenated alkanes) is 1. The zero-order valence-electron chi connectivity index (χ0n) is 12.6. The summed E-state index contributed by atoms with van der Waals surface area (Å²) in [5.74, 6) is -20.2. The van der Waals surface area contributed by atoms with Crippen molar-refractivity contribution >= 4 is 5.91 Å². The molecule has 0 heterocycles. The maximum Gasteiger partial charge on any atom is 0.460 e. The molecule has 0 aliphatic rings. The van der Waals surface area contributed by atoms with Crippen LogP contribution < -0.4 is 0 Å². The van der Waals surface area contributed by atoms with Crippen molar-refractivity contribution in [3.63, 3.8) is 0 Å². The summed E-state index contributed by atoms with van der Waals surface area (Å²) in [7, 11) is 0. The van der Waals surface area contributed by atoms with Crippen molar-refractivity contribution in [2.24, 2.45) is 0 Å². The Morgan fingerprint density at radius 2 is 1.46 bits per heavy atom. The average molecular weight is 373 g/mol. The summed E-state index contributed by atoms with van der Waals surface area (Å²) >= 11 is 0. The molecule has 24 heavy (non-hydrogen) atoms. The van der Waals surface area contributed by atoms with Crippen molar-refractivity contribution in [1.29, 1.82) is 0 Å². The molecule has 0 N–H and O–H groups in total. The molecular weight excluding hydrogens is 357 g/mol. The van der Waals surface area contributed by atoms with E-state index in [1.165, 1.54) is 0 Å². The van der Waals surface area contributed by atoms with Crippen molar-refractivity contribution < 1.29 is 44.3 Å². The van der Waals surface area contributed by atoms with Gasteiger partial charge in [0.05, 0.1) is 0 Å². The van der Waals surface area contributed by atoms with Crippen LogP contribution in [0.4, 0.5) is 39.5 Å². The molecule has 11 heteroatoms. The van der Waals surface area contributed by atoms with Gasteiger partial charge in [-0.05, 0) is 12.5 Å². The zero-order chi connectivity index (χ0) is 19.4. The first-order chi connectivity index (χ1) is 10.7. The van der Waals surface area contributed by atoms with Crippen molar-refractivity contribution in [2.75, 3.05) is 13.1 Å². The van der Waals surface area contributed by atoms with E-state index in [0.717, 1.165) is 0 Å². The quantitative estimate of drug-likeness (QED) is 0.425. The molecule has 0 aromatic carbocycles. The summed E-state index contributed by atoms with van der Waals surface area (Å²) in [6.45, 7) is 3.45. The van der Waals surface area contributed by atoms with E-state index >= 15 is 0 Å². The normalized spacial score (nSPS) is 13.8. The van der Waals surface area contributed by atoms with Gasteiger partial charge in [-0.2, -0.15) is 39.5 Å². The SMILES string of the molecule is C=CC(=O)N(CCCC)CCC(F)(F)C(F)(F)C(F)(F)C(F)(F)F. The van der Waals surface area contributed by atoms with Crippen LogP contribution in [0.2, 0.25) is 0 Å². The smallest absolute Gasteiger partial charge is 0.339 e. The molecule has 142 valence electrons. The minimum Gasteiger partial charge on any atom is -0.339 e. The molecule has 0 bridgehead atoms. The van der Waals surface area contributed by atoms with E-state index in [2.05, 4.69) is 6.58 Å². The van der Waals surface area contributed by atoms with Gasteiger partial charge >= 0.3 is 23.9 Å². The number of alkyl halides is 9. The predicted octanol–water partition coefficient (Wildman–Crippen LogP) is 4.66. The fourth-order valence-corrected chi connectivity index (χ4v) is 1.65. The van der Waals surface area contributed by atoms with Crippen LogP contribution in [0.25, 0.3) is 0 Å². The molecule has 0 saturated carbocycles.